The van der Waals surface area contributed by atoms with Gasteiger partial charge in [-0.25, -0.2) is 0 Å². The molecule has 0 saturated heterocycles. The maximum absolute atomic E-state index is 11.9. The summed E-state index contributed by atoms with van der Waals surface area (Å²) in [5, 5.41) is 0.367. The van der Waals surface area contributed by atoms with Crippen molar-refractivity contribution in [2.24, 2.45) is 5.92 Å². The number of hydrogen-bond acceptors (Lipinski definition) is 3. The zero-order valence-corrected chi connectivity index (χ0v) is 9.71. The van der Waals surface area contributed by atoms with Gasteiger partial charge in [-0.05, 0) is 26.1 Å². The number of rotatable bonds is 4. The molecule has 0 spiro atoms. The molecule has 0 bridgehead atoms. The summed E-state index contributed by atoms with van der Waals surface area (Å²) in [6.45, 7) is 4.13. The Morgan fingerprint density at radius 3 is 2.53 bits per heavy atom. The van der Waals surface area contributed by atoms with E-state index in [4.69, 9.17) is 17.0 Å². The third kappa shape index (κ3) is 3.13. The number of carbonyl (C=O) groups excluding carboxylic acids is 1. The van der Waals surface area contributed by atoms with Crippen molar-refractivity contribution in [3.63, 3.8) is 0 Å². The maximum atomic E-state index is 11.9. The van der Waals surface area contributed by atoms with Crippen molar-refractivity contribution in [2.45, 2.75) is 13.8 Å². The summed E-state index contributed by atoms with van der Waals surface area (Å²) in [5.41, 5.74) is 0.673. The molecular formula is C12H14O2S. The molecule has 0 saturated carbocycles. The van der Waals surface area contributed by atoms with E-state index in [-0.39, 0.29) is 11.7 Å². The topological polar surface area (TPSA) is 26.3 Å². The number of hydrogen-bond donors (Lipinski definition) is 0. The lowest BCUT2D eigenvalue weighted by Gasteiger charge is -2.11. The van der Waals surface area contributed by atoms with Crippen LogP contribution in [0.4, 0.5) is 0 Å². The molecule has 0 aliphatic carbocycles. The highest BCUT2D eigenvalue weighted by atomic mass is 32.1. The van der Waals surface area contributed by atoms with Crippen molar-refractivity contribution in [2.75, 3.05) is 6.61 Å². The van der Waals surface area contributed by atoms with Gasteiger partial charge < -0.3 is 4.74 Å². The first kappa shape index (κ1) is 11.9. The largest absolute Gasteiger partial charge is 0.487 e. The summed E-state index contributed by atoms with van der Waals surface area (Å²) in [5.74, 6) is -0.351. The van der Waals surface area contributed by atoms with Crippen molar-refractivity contribution < 1.29 is 9.53 Å². The molecule has 1 rings (SSSR count). The van der Waals surface area contributed by atoms with Crippen LogP contribution in [-0.2, 0) is 4.74 Å². The van der Waals surface area contributed by atoms with E-state index in [9.17, 15) is 4.79 Å². The molecule has 0 N–H and O–H groups in total. The van der Waals surface area contributed by atoms with Crippen LogP contribution in [0.25, 0.3) is 0 Å². The molecule has 0 aliphatic heterocycles. The van der Waals surface area contributed by atoms with Crippen molar-refractivity contribution in [1.29, 1.82) is 0 Å². The lowest BCUT2D eigenvalue weighted by Crippen LogP contribution is -2.21. The van der Waals surface area contributed by atoms with Gasteiger partial charge in [0.2, 0.25) is 0 Å². The summed E-state index contributed by atoms with van der Waals surface area (Å²) in [7, 11) is 0. The molecule has 1 atom stereocenters. The van der Waals surface area contributed by atoms with E-state index in [1.165, 1.54) is 0 Å². The van der Waals surface area contributed by atoms with Crippen LogP contribution >= 0.6 is 12.2 Å². The molecule has 1 aromatic rings. The zero-order chi connectivity index (χ0) is 11.3. The van der Waals surface area contributed by atoms with E-state index in [0.29, 0.717) is 17.2 Å². The number of carbonyl (C=O) groups is 1. The van der Waals surface area contributed by atoms with Gasteiger partial charge in [0, 0.05) is 5.56 Å². The first-order valence-electron chi connectivity index (χ1n) is 4.92. The molecule has 15 heavy (non-hydrogen) atoms. The lowest BCUT2D eigenvalue weighted by atomic mass is 10.0. The van der Waals surface area contributed by atoms with Crippen LogP contribution in [0.2, 0.25) is 0 Å². The van der Waals surface area contributed by atoms with E-state index in [2.05, 4.69) is 0 Å². The van der Waals surface area contributed by atoms with Crippen LogP contribution in [0.1, 0.15) is 24.2 Å². The molecule has 80 valence electrons. The third-order valence-corrected chi connectivity index (χ3v) is 2.56. The van der Waals surface area contributed by atoms with E-state index in [0.717, 1.165) is 0 Å². The lowest BCUT2D eigenvalue weighted by molar-refractivity contribution is 0.0951. The first-order chi connectivity index (χ1) is 7.16. The smallest absolute Gasteiger partial charge is 0.174 e. The van der Waals surface area contributed by atoms with E-state index >= 15 is 0 Å². The highest BCUT2D eigenvalue weighted by Gasteiger charge is 2.20. The summed E-state index contributed by atoms with van der Waals surface area (Å²) in [6, 6.07) is 9.12. The number of thiocarbonyl (C=S) groups is 1. The third-order valence-electron chi connectivity index (χ3n) is 2.09. The average Bonchev–Trinajstić information content (AvgIpc) is 2.28. The highest BCUT2D eigenvalue weighted by Crippen LogP contribution is 2.11. The van der Waals surface area contributed by atoms with Crippen molar-refractivity contribution in [1.82, 2.24) is 0 Å². The molecule has 0 amide bonds. The monoisotopic (exact) mass is 222 g/mol. The Morgan fingerprint density at radius 1 is 1.40 bits per heavy atom. The number of Topliss-reactive ketones (excluding diaryl/α,β-unsaturated/α-hetero) is 1. The fourth-order valence-corrected chi connectivity index (χ4v) is 1.45. The SMILES string of the molecule is CCOC(=S)C(C)C(=O)c1ccccc1. The van der Waals surface area contributed by atoms with Crippen molar-refractivity contribution >= 4 is 23.1 Å². The minimum atomic E-state index is -0.359. The van der Waals surface area contributed by atoms with Crippen molar-refractivity contribution in [3.8, 4) is 0 Å². The summed E-state index contributed by atoms with van der Waals surface area (Å²) in [6.07, 6.45) is 0. The van der Waals surface area contributed by atoms with Crippen LogP contribution in [0, 0.1) is 5.92 Å². The summed E-state index contributed by atoms with van der Waals surface area (Å²) < 4.78 is 5.16. The van der Waals surface area contributed by atoms with Gasteiger partial charge in [0.1, 0.15) is 0 Å². The molecule has 0 radical (unpaired) electrons. The van der Waals surface area contributed by atoms with Gasteiger partial charge in [-0.2, -0.15) is 0 Å². The molecule has 1 aromatic carbocycles. The quantitative estimate of drug-likeness (QED) is 0.579. The van der Waals surface area contributed by atoms with E-state index in [1.54, 1.807) is 19.1 Å². The second kappa shape index (κ2) is 5.61. The van der Waals surface area contributed by atoms with Gasteiger partial charge in [0.25, 0.3) is 0 Å². The Labute approximate surface area is 95.3 Å². The van der Waals surface area contributed by atoms with Gasteiger partial charge in [-0.15, -0.1) is 0 Å². The van der Waals surface area contributed by atoms with Crippen LogP contribution < -0.4 is 0 Å². The molecule has 0 aromatic heterocycles. The maximum Gasteiger partial charge on any atom is 0.174 e. The molecule has 0 heterocycles. The molecular weight excluding hydrogens is 208 g/mol. The van der Waals surface area contributed by atoms with Crippen LogP contribution in [0.3, 0.4) is 0 Å². The normalized spacial score (nSPS) is 11.9. The molecule has 3 heteroatoms. The predicted octanol–water partition coefficient (Wildman–Crippen LogP) is 2.87. The second-order valence-corrected chi connectivity index (χ2v) is 3.61. The Hall–Kier alpha value is -1.22. The van der Waals surface area contributed by atoms with E-state index < -0.39 is 0 Å². The standard InChI is InChI=1S/C12H14O2S/c1-3-14-12(15)9(2)11(13)10-7-5-4-6-8-10/h4-9H,3H2,1-2H3. The van der Waals surface area contributed by atoms with E-state index in [1.807, 2.05) is 25.1 Å². The Bertz CT molecular complexity index is 346. The van der Waals surface area contributed by atoms with Crippen LogP contribution in [-0.4, -0.2) is 17.4 Å². The Balaban J connectivity index is 2.73. The molecule has 0 aliphatic rings. The summed E-state index contributed by atoms with van der Waals surface area (Å²) in [4.78, 5) is 11.9. The fraction of sp³-hybridized carbons (Fsp3) is 0.333. The second-order valence-electron chi connectivity index (χ2n) is 3.20. The molecule has 0 fully saturated rings. The minimum absolute atomic E-state index is 0.00838. The number of ketones is 1. The first-order valence-corrected chi connectivity index (χ1v) is 5.33. The predicted molar refractivity (Wildman–Crippen MR) is 64.2 cm³/mol. The number of benzene rings is 1. The van der Waals surface area contributed by atoms with Gasteiger partial charge in [-0.3, -0.25) is 4.79 Å². The Kier molecular flexibility index (Phi) is 4.43. The zero-order valence-electron chi connectivity index (χ0n) is 8.90. The highest BCUT2D eigenvalue weighted by molar-refractivity contribution is 7.80. The van der Waals surface area contributed by atoms with Gasteiger partial charge in [0.05, 0.1) is 12.5 Å². The fourth-order valence-electron chi connectivity index (χ4n) is 1.23. The molecule has 2 nitrogen and oxygen atoms in total. The molecule has 1 unspecified atom stereocenters. The van der Waals surface area contributed by atoms with Gasteiger partial charge in [0.15, 0.2) is 10.8 Å². The van der Waals surface area contributed by atoms with Crippen molar-refractivity contribution in [3.05, 3.63) is 35.9 Å². The van der Waals surface area contributed by atoms with Crippen LogP contribution in [0.15, 0.2) is 30.3 Å². The number of ether oxygens (including phenoxy) is 1. The summed E-state index contributed by atoms with van der Waals surface area (Å²) >= 11 is 5.01. The van der Waals surface area contributed by atoms with Gasteiger partial charge in [-0.1, -0.05) is 30.3 Å². The minimum Gasteiger partial charge on any atom is -0.487 e. The van der Waals surface area contributed by atoms with Crippen LogP contribution in [0.5, 0.6) is 0 Å². The van der Waals surface area contributed by atoms with Gasteiger partial charge >= 0.3 is 0 Å². The Morgan fingerprint density at radius 2 is 2.00 bits per heavy atom. The average molecular weight is 222 g/mol.